The van der Waals surface area contributed by atoms with Crippen molar-refractivity contribution in [1.82, 2.24) is 15.1 Å². The Morgan fingerprint density at radius 1 is 1.29 bits per heavy atom. The number of carboxylic acid groups (broad SMARTS) is 1. The fraction of sp³-hybridized carbons (Fsp3) is 0.571. The maximum Gasteiger partial charge on any atom is 0.317 e. The molecule has 0 saturated heterocycles. The second-order valence-corrected chi connectivity index (χ2v) is 6.12. The number of hydrogen-bond acceptors (Lipinski definition) is 5. The molecule has 21 heavy (non-hydrogen) atoms. The van der Waals surface area contributed by atoms with Crippen LogP contribution in [-0.2, 0) is 16.0 Å². The third kappa shape index (κ3) is 8.44. The average Bonchev–Trinajstić information content (AvgIpc) is 2.88. The summed E-state index contributed by atoms with van der Waals surface area (Å²) in [5.74, 6) is -1.05. The number of rotatable bonds is 10. The molecule has 1 rings (SSSR count). The van der Waals surface area contributed by atoms with Crippen LogP contribution in [-0.4, -0.2) is 73.6 Å². The fourth-order valence-electron chi connectivity index (χ4n) is 1.79. The van der Waals surface area contributed by atoms with Crippen molar-refractivity contribution in [2.75, 3.05) is 46.8 Å². The highest BCUT2D eigenvalue weighted by Crippen LogP contribution is 2.07. The van der Waals surface area contributed by atoms with Crippen molar-refractivity contribution >= 4 is 23.2 Å². The van der Waals surface area contributed by atoms with E-state index in [1.807, 2.05) is 36.5 Å². The standard InChI is InChI=1S/C14H23N3O3S/c1-16(2)7-8-17(11-14(19)20)10-13(18)15-6-5-12-4-3-9-21-12/h3-4,9H,5-8,10-11H2,1-2H3,(H,15,18)(H,19,20). The summed E-state index contributed by atoms with van der Waals surface area (Å²) >= 11 is 1.66. The number of carbonyl (C=O) groups is 2. The molecule has 0 fully saturated rings. The van der Waals surface area contributed by atoms with Crippen molar-refractivity contribution in [3.8, 4) is 0 Å². The van der Waals surface area contributed by atoms with E-state index < -0.39 is 5.97 Å². The molecule has 0 spiro atoms. The highest BCUT2D eigenvalue weighted by molar-refractivity contribution is 7.09. The zero-order valence-corrected chi connectivity index (χ0v) is 13.4. The van der Waals surface area contributed by atoms with E-state index in [9.17, 15) is 9.59 Å². The van der Waals surface area contributed by atoms with E-state index in [2.05, 4.69) is 5.32 Å². The highest BCUT2D eigenvalue weighted by Gasteiger charge is 2.13. The molecule has 6 nitrogen and oxygen atoms in total. The molecule has 0 aromatic carbocycles. The molecule has 0 atom stereocenters. The lowest BCUT2D eigenvalue weighted by atomic mass is 10.3. The summed E-state index contributed by atoms with van der Waals surface area (Å²) in [7, 11) is 3.83. The molecule has 2 N–H and O–H groups in total. The van der Waals surface area contributed by atoms with Crippen LogP contribution < -0.4 is 5.32 Å². The lowest BCUT2D eigenvalue weighted by molar-refractivity contribution is -0.138. The van der Waals surface area contributed by atoms with Crippen molar-refractivity contribution in [3.63, 3.8) is 0 Å². The summed E-state index contributed by atoms with van der Waals surface area (Å²) in [6.07, 6.45) is 0.806. The number of nitrogens with zero attached hydrogens (tertiary/aromatic N) is 2. The van der Waals surface area contributed by atoms with Gasteiger partial charge in [0.25, 0.3) is 0 Å². The first-order chi connectivity index (χ1) is 9.97. The minimum atomic E-state index is -0.917. The van der Waals surface area contributed by atoms with Crippen LogP contribution in [0.4, 0.5) is 0 Å². The lowest BCUT2D eigenvalue weighted by Gasteiger charge is -2.21. The van der Waals surface area contributed by atoms with E-state index in [0.717, 1.165) is 13.0 Å². The summed E-state index contributed by atoms with van der Waals surface area (Å²) in [4.78, 5) is 27.5. The molecule has 118 valence electrons. The number of nitrogens with one attached hydrogen (secondary N) is 1. The van der Waals surface area contributed by atoms with Gasteiger partial charge in [0.15, 0.2) is 0 Å². The Balaban J connectivity index is 2.30. The van der Waals surface area contributed by atoms with Gasteiger partial charge in [-0.05, 0) is 32.0 Å². The van der Waals surface area contributed by atoms with Crippen molar-refractivity contribution in [1.29, 1.82) is 0 Å². The molecule has 0 radical (unpaired) electrons. The molecular weight excluding hydrogens is 290 g/mol. The van der Waals surface area contributed by atoms with Gasteiger partial charge in [0.1, 0.15) is 0 Å². The van der Waals surface area contributed by atoms with E-state index in [1.54, 1.807) is 16.2 Å². The van der Waals surface area contributed by atoms with Crippen LogP contribution in [0.1, 0.15) is 4.88 Å². The van der Waals surface area contributed by atoms with Gasteiger partial charge in [0.2, 0.25) is 5.91 Å². The maximum atomic E-state index is 11.9. The molecule has 0 unspecified atom stereocenters. The Hall–Kier alpha value is -1.44. The summed E-state index contributed by atoms with van der Waals surface area (Å²) in [6, 6.07) is 4.02. The second kappa shape index (κ2) is 9.49. The van der Waals surface area contributed by atoms with Crippen molar-refractivity contribution in [2.24, 2.45) is 0 Å². The fourth-order valence-corrected chi connectivity index (χ4v) is 2.49. The molecule has 1 amide bonds. The number of likely N-dealkylation sites (N-methyl/N-ethyl adjacent to an activating group) is 1. The first-order valence-electron chi connectivity index (χ1n) is 6.85. The van der Waals surface area contributed by atoms with Gasteiger partial charge in [-0.1, -0.05) is 6.07 Å². The second-order valence-electron chi connectivity index (χ2n) is 5.09. The summed E-state index contributed by atoms with van der Waals surface area (Å²) in [6.45, 7) is 1.85. The quantitative estimate of drug-likeness (QED) is 0.652. The number of aliphatic carboxylic acids is 1. The monoisotopic (exact) mass is 313 g/mol. The van der Waals surface area contributed by atoms with E-state index in [1.165, 1.54) is 4.88 Å². The molecule has 1 aromatic heterocycles. The molecule has 1 heterocycles. The number of carboxylic acids is 1. The third-order valence-corrected chi connectivity index (χ3v) is 3.80. The number of carbonyl (C=O) groups excluding carboxylic acids is 1. The van der Waals surface area contributed by atoms with Crippen LogP contribution in [0.2, 0.25) is 0 Å². The summed E-state index contributed by atoms with van der Waals surface area (Å²) in [5.41, 5.74) is 0. The van der Waals surface area contributed by atoms with Crippen LogP contribution in [0.3, 0.4) is 0 Å². The van der Waals surface area contributed by atoms with Gasteiger partial charge in [-0.3, -0.25) is 14.5 Å². The van der Waals surface area contributed by atoms with Crippen molar-refractivity contribution in [3.05, 3.63) is 22.4 Å². The minimum Gasteiger partial charge on any atom is -0.480 e. The minimum absolute atomic E-state index is 0.116. The smallest absolute Gasteiger partial charge is 0.317 e. The Morgan fingerprint density at radius 2 is 2.05 bits per heavy atom. The first kappa shape index (κ1) is 17.6. The molecule has 1 aromatic rings. The van der Waals surface area contributed by atoms with Crippen LogP contribution in [0.25, 0.3) is 0 Å². The molecular formula is C14H23N3O3S. The zero-order chi connectivity index (χ0) is 15.7. The van der Waals surface area contributed by atoms with Crippen LogP contribution in [0, 0.1) is 0 Å². The molecule has 7 heteroatoms. The predicted octanol–water partition coefficient (Wildman–Crippen LogP) is 0.355. The number of thiophene rings is 1. The molecule has 0 aliphatic carbocycles. The van der Waals surface area contributed by atoms with Crippen LogP contribution >= 0.6 is 11.3 Å². The molecule has 0 aliphatic heterocycles. The third-order valence-electron chi connectivity index (χ3n) is 2.86. The van der Waals surface area contributed by atoms with Crippen molar-refractivity contribution in [2.45, 2.75) is 6.42 Å². The van der Waals surface area contributed by atoms with Gasteiger partial charge in [-0.15, -0.1) is 11.3 Å². The van der Waals surface area contributed by atoms with Gasteiger partial charge in [0.05, 0.1) is 13.1 Å². The molecule has 0 saturated carbocycles. The van der Waals surface area contributed by atoms with E-state index in [0.29, 0.717) is 13.1 Å². The number of amides is 1. The van der Waals surface area contributed by atoms with Gasteiger partial charge < -0.3 is 15.3 Å². The van der Waals surface area contributed by atoms with E-state index in [-0.39, 0.29) is 19.0 Å². The summed E-state index contributed by atoms with van der Waals surface area (Å²) in [5, 5.41) is 13.7. The Bertz CT molecular complexity index is 435. The van der Waals surface area contributed by atoms with Gasteiger partial charge in [-0.2, -0.15) is 0 Å². The van der Waals surface area contributed by atoms with Gasteiger partial charge in [-0.25, -0.2) is 0 Å². The van der Waals surface area contributed by atoms with Gasteiger partial charge in [0, 0.05) is 24.5 Å². The lowest BCUT2D eigenvalue weighted by Crippen LogP contribution is -2.42. The van der Waals surface area contributed by atoms with E-state index in [4.69, 9.17) is 5.11 Å². The molecule has 0 aliphatic rings. The summed E-state index contributed by atoms with van der Waals surface area (Å²) < 4.78 is 0. The Kier molecular flexibility index (Phi) is 7.96. The predicted molar refractivity (Wildman–Crippen MR) is 83.7 cm³/mol. The molecule has 0 bridgehead atoms. The average molecular weight is 313 g/mol. The van der Waals surface area contributed by atoms with Gasteiger partial charge >= 0.3 is 5.97 Å². The first-order valence-corrected chi connectivity index (χ1v) is 7.73. The van der Waals surface area contributed by atoms with Crippen molar-refractivity contribution < 1.29 is 14.7 Å². The largest absolute Gasteiger partial charge is 0.480 e. The SMILES string of the molecule is CN(C)CCN(CC(=O)O)CC(=O)NCCc1cccs1. The van der Waals surface area contributed by atoms with Crippen LogP contribution in [0.5, 0.6) is 0 Å². The van der Waals surface area contributed by atoms with Crippen LogP contribution in [0.15, 0.2) is 17.5 Å². The Morgan fingerprint density at radius 3 is 2.62 bits per heavy atom. The zero-order valence-electron chi connectivity index (χ0n) is 12.5. The van der Waals surface area contributed by atoms with E-state index >= 15 is 0 Å². The Labute approximate surface area is 129 Å². The normalized spacial score (nSPS) is 11.0. The highest BCUT2D eigenvalue weighted by atomic mass is 32.1. The number of hydrogen-bond donors (Lipinski definition) is 2. The topological polar surface area (TPSA) is 72.9 Å². The maximum absolute atomic E-state index is 11.9.